The summed E-state index contributed by atoms with van der Waals surface area (Å²) in [5.41, 5.74) is -0.483. The Morgan fingerprint density at radius 1 is 1.43 bits per heavy atom. The Balaban J connectivity index is 2.90. The molecule has 1 aromatic carbocycles. The van der Waals surface area contributed by atoms with E-state index in [1.165, 1.54) is 25.2 Å². The molecule has 21 heavy (non-hydrogen) atoms. The average Bonchev–Trinajstić information content (AvgIpc) is 2.43. The Labute approximate surface area is 127 Å². The number of amides is 2. The Kier molecular flexibility index (Phi) is 6.10. The van der Waals surface area contributed by atoms with Gasteiger partial charge in [-0.05, 0) is 18.6 Å². The SMILES string of the molecule is CCCNC(=O)CN(C)C(=O)c1cc(Cl)ccc1[N+](=O)[O-]. The molecule has 1 N–H and O–H groups in total. The molecule has 0 aliphatic heterocycles. The number of carbonyl (C=O) groups excluding carboxylic acids is 2. The lowest BCUT2D eigenvalue weighted by molar-refractivity contribution is -0.385. The summed E-state index contributed by atoms with van der Waals surface area (Å²) in [6.07, 6.45) is 0.781. The second-order valence-corrected chi connectivity index (χ2v) is 4.87. The van der Waals surface area contributed by atoms with Gasteiger partial charge >= 0.3 is 0 Å². The molecule has 1 aromatic rings. The van der Waals surface area contributed by atoms with Crippen molar-refractivity contribution in [1.29, 1.82) is 0 Å². The van der Waals surface area contributed by atoms with E-state index in [1.54, 1.807) is 0 Å². The molecule has 114 valence electrons. The number of likely N-dealkylation sites (N-methyl/N-ethyl adjacent to an activating group) is 1. The lowest BCUT2D eigenvalue weighted by Crippen LogP contribution is -2.38. The van der Waals surface area contributed by atoms with Gasteiger partial charge in [-0.3, -0.25) is 19.7 Å². The Morgan fingerprint density at radius 3 is 2.67 bits per heavy atom. The zero-order valence-electron chi connectivity index (χ0n) is 11.8. The zero-order valence-corrected chi connectivity index (χ0v) is 12.5. The summed E-state index contributed by atoms with van der Waals surface area (Å²) in [7, 11) is 1.40. The fourth-order valence-corrected chi connectivity index (χ4v) is 1.82. The van der Waals surface area contributed by atoms with E-state index in [2.05, 4.69) is 5.32 Å². The predicted octanol–water partition coefficient (Wildman–Crippen LogP) is 1.85. The fourth-order valence-electron chi connectivity index (χ4n) is 1.65. The number of rotatable bonds is 6. The quantitative estimate of drug-likeness (QED) is 0.640. The van der Waals surface area contributed by atoms with E-state index in [0.29, 0.717) is 6.54 Å². The van der Waals surface area contributed by atoms with E-state index in [9.17, 15) is 19.7 Å². The Bertz CT molecular complexity index is 562. The van der Waals surface area contributed by atoms with E-state index < -0.39 is 10.8 Å². The highest BCUT2D eigenvalue weighted by Gasteiger charge is 2.24. The first-order valence-electron chi connectivity index (χ1n) is 6.33. The van der Waals surface area contributed by atoms with Gasteiger partial charge in [0, 0.05) is 24.7 Å². The largest absolute Gasteiger partial charge is 0.355 e. The van der Waals surface area contributed by atoms with Crippen molar-refractivity contribution in [1.82, 2.24) is 10.2 Å². The minimum atomic E-state index is -0.658. The first-order chi connectivity index (χ1) is 9.86. The van der Waals surface area contributed by atoms with Crippen LogP contribution in [0.4, 0.5) is 5.69 Å². The van der Waals surface area contributed by atoms with Crippen LogP contribution in [0.3, 0.4) is 0 Å². The van der Waals surface area contributed by atoms with Crippen LogP contribution in [-0.2, 0) is 4.79 Å². The Morgan fingerprint density at radius 2 is 2.10 bits per heavy atom. The molecule has 0 aromatic heterocycles. The van der Waals surface area contributed by atoms with Crippen molar-refractivity contribution in [2.75, 3.05) is 20.1 Å². The number of hydrogen-bond donors (Lipinski definition) is 1. The second kappa shape index (κ2) is 7.58. The third-order valence-electron chi connectivity index (χ3n) is 2.69. The minimum Gasteiger partial charge on any atom is -0.355 e. The lowest BCUT2D eigenvalue weighted by Gasteiger charge is -2.16. The number of benzene rings is 1. The van der Waals surface area contributed by atoms with Crippen molar-refractivity contribution in [3.63, 3.8) is 0 Å². The normalized spacial score (nSPS) is 10.0. The molecular formula is C13H16ClN3O4. The maximum atomic E-state index is 12.2. The van der Waals surface area contributed by atoms with Crippen LogP contribution in [0, 0.1) is 10.1 Å². The van der Waals surface area contributed by atoms with Crippen LogP contribution >= 0.6 is 11.6 Å². The molecule has 0 aliphatic rings. The Hall–Kier alpha value is -2.15. The summed E-state index contributed by atoms with van der Waals surface area (Å²) in [6.45, 7) is 2.24. The number of nitrogens with one attached hydrogen (secondary N) is 1. The number of hydrogen-bond acceptors (Lipinski definition) is 4. The van der Waals surface area contributed by atoms with Gasteiger partial charge in [0.25, 0.3) is 11.6 Å². The third-order valence-corrected chi connectivity index (χ3v) is 2.92. The maximum absolute atomic E-state index is 12.2. The molecule has 0 saturated heterocycles. The van der Waals surface area contributed by atoms with Crippen LogP contribution in [0.15, 0.2) is 18.2 Å². The van der Waals surface area contributed by atoms with E-state index in [-0.39, 0.29) is 28.7 Å². The van der Waals surface area contributed by atoms with Crippen LogP contribution in [-0.4, -0.2) is 41.8 Å². The van der Waals surface area contributed by atoms with Crippen molar-refractivity contribution >= 4 is 29.1 Å². The third kappa shape index (κ3) is 4.71. The standard InChI is InChI=1S/C13H16ClN3O4/c1-3-6-15-12(18)8-16(2)13(19)10-7-9(14)4-5-11(10)17(20)21/h4-5,7H,3,6,8H2,1-2H3,(H,15,18). The molecule has 1 rings (SSSR count). The molecule has 0 atom stereocenters. The molecule has 0 radical (unpaired) electrons. The molecule has 7 nitrogen and oxygen atoms in total. The van der Waals surface area contributed by atoms with Crippen LogP contribution in [0.1, 0.15) is 23.7 Å². The number of nitrogens with zero attached hydrogens (tertiary/aromatic N) is 2. The molecule has 2 amide bonds. The molecule has 0 saturated carbocycles. The predicted molar refractivity (Wildman–Crippen MR) is 78.4 cm³/mol. The molecule has 0 fully saturated rings. The second-order valence-electron chi connectivity index (χ2n) is 4.43. The number of carbonyl (C=O) groups is 2. The maximum Gasteiger partial charge on any atom is 0.282 e. The van der Waals surface area contributed by atoms with Crippen LogP contribution in [0.25, 0.3) is 0 Å². The highest BCUT2D eigenvalue weighted by atomic mass is 35.5. The van der Waals surface area contributed by atoms with Gasteiger partial charge in [-0.15, -0.1) is 0 Å². The highest BCUT2D eigenvalue weighted by Crippen LogP contribution is 2.23. The van der Waals surface area contributed by atoms with E-state index in [1.807, 2.05) is 6.92 Å². The molecule has 0 spiro atoms. The monoisotopic (exact) mass is 313 g/mol. The molecule has 0 heterocycles. The van der Waals surface area contributed by atoms with E-state index >= 15 is 0 Å². The number of nitro groups is 1. The van der Waals surface area contributed by atoms with E-state index in [4.69, 9.17) is 11.6 Å². The van der Waals surface area contributed by atoms with Gasteiger partial charge in [0.15, 0.2) is 0 Å². The molecule has 0 unspecified atom stereocenters. The summed E-state index contributed by atoms with van der Waals surface area (Å²) >= 11 is 5.77. The van der Waals surface area contributed by atoms with Gasteiger partial charge in [-0.1, -0.05) is 18.5 Å². The van der Waals surface area contributed by atoms with E-state index in [0.717, 1.165) is 11.3 Å². The lowest BCUT2D eigenvalue weighted by atomic mass is 10.1. The highest BCUT2D eigenvalue weighted by molar-refractivity contribution is 6.31. The summed E-state index contributed by atoms with van der Waals surface area (Å²) < 4.78 is 0. The van der Waals surface area contributed by atoms with Crippen LogP contribution < -0.4 is 5.32 Å². The molecular weight excluding hydrogens is 298 g/mol. The molecule has 8 heteroatoms. The topological polar surface area (TPSA) is 92.6 Å². The zero-order chi connectivity index (χ0) is 16.0. The smallest absolute Gasteiger partial charge is 0.282 e. The van der Waals surface area contributed by atoms with Gasteiger partial charge in [0.2, 0.25) is 5.91 Å². The van der Waals surface area contributed by atoms with Crippen LogP contribution in [0.2, 0.25) is 5.02 Å². The van der Waals surface area contributed by atoms with Crippen molar-refractivity contribution in [2.45, 2.75) is 13.3 Å². The van der Waals surface area contributed by atoms with Crippen molar-refractivity contribution < 1.29 is 14.5 Å². The van der Waals surface area contributed by atoms with Crippen molar-refractivity contribution in [3.05, 3.63) is 38.9 Å². The number of nitro benzene ring substituents is 1. The number of halogens is 1. The summed E-state index contributed by atoms with van der Waals surface area (Å²) in [6, 6.07) is 3.73. The van der Waals surface area contributed by atoms with Gasteiger partial charge in [-0.2, -0.15) is 0 Å². The van der Waals surface area contributed by atoms with Crippen LogP contribution in [0.5, 0.6) is 0 Å². The molecule has 0 aliphatic carbocycles. The van der Waals surface area contributed by atoms with Gasteiger partial charge < -0.3 is 10.2 Å². The summed E-state index contributed by atoms with van der Waals surface area (Å²) in [5.74, 6) is -0.951. The van der Waals surface area contributed by atoms with Crippen molar-refractivity contribution in [2.24, 2.45) is 0 Å². The summed E-state index contributed by atoms with van der Waals surface area (Å²) in [5, 5.41) is 13.8. The van der Waals surface area contributed by atoms with Crippen molar-refractivity contribution in [3.8, 4) is 0 Å². The fraction of sp³-hybridized carbons (Fsp3) is 0.385. The molecule has 0 bridgehead atoms. The summed E-state index contributed by atoms with van der Waals surface area (Å²) in [4.78, 5) is 35.2. The minimum absolute atomic E-state index is 0.140. The van der Waals surface area contributed by atoms with Gasteiger partial charge in [0.05, 0.1) is 11.5 Å². The first-order valence-corrected chi connectivity index (χ1v) is 6.70. The first kappa shape index (κ1) is 16.9. The van der Waals surface area contributed by atoms with Gasteiger partial charge in [-0.25, -0.2) is 0 Å². The average molecular weight is 314 g/mol. The van der Waals surface area contributed by atoms with Gasteiger partial charge in [0.1, 0.15) is 5.56 Å².